The molecule has 0 saturated carbocycles. The molecule has 0 fully saturated rings. The number of aromatic amines is 1. The monoisotopic (exact) mass is 385 g/mol. The van der Waals surface area contributed by atoms with Crippen LogP contribution in [-0.2, 0) is 6.42 Å². The molecule has 5 nitrogen and oxygen atoms in total. The first-order chi connectivity index (χ1) is 14.1. The summed E-state index contributed by atoms with van der Waals surface area (Å²) >= 11 is 0. The molecule has 3 N–H and O–H groups in total. The summed E-state index contributed by atoms with van der Waals surface area (Å²) in [5.41, 5.74) is 11.1. The molecular weight excluding hydrogens is 362 g/mol. The van der Waals surface area contributed by atoms with Crippen molar-refractivity contribution in [3.63, 3.8) is 0 Å². The summed E-state index contributed by atoms with van der Waals surface area (Å²) in [4.78, 5) is 19.2. The number of nitrogens with one attached hydrogen (secondary N) is 1. The standard InChI is InChI=1S/C24H23N3O2/c1-16(28)17-5-4-6-18(9-17)19-11-22(14-26-12-19)29-15-21(25)10-20-13-27-24-8-3-2-7-23(20)24/h2-9,11-14,21,27H,10,15,25H2,1H3/t21-/m0/s1. The van der Waals surface area contributed by atoms with Crippen LogP contribution in [0.3, 0.4) is 0 Å². The number of nitrogens with zero attached hydrogens (tertiary/aromatic N) is 1. The summed E-state index contributed by atoms with van der Waals surface area (Å²) < 4.78 is 5.90. The van der Waals surface area contributed by atoms with Crippen molar-refractivity contribution in [1.29, 1.82) is 0 Å². The van der Waals surface area contributed by atoms with Crippen LogP contribution in [0.1, 0.15) is 22.8 Å². The lowest BCUT2D eigenvalue weighted by Gasteiger charge is -2.13. The number of carbonyl (C=O) groups excluding carboxylic acids is 1. The molecule has 5 heteroatoms. The number of carbonyl (C=O) groups is 1. The number of aromatic nitrogens is 2. The predicted octanol–water partition coefficient (Wildman–Crippen LogP) is 4.38. The second-order valence-corrected chi connectivity index (χ2v) is 7.18. The zero-order valence-electron chi connectivity index (χ0n) is 16.3. The average molecular weight is 385 g/mol. The summed E-state index contributed by atoms with van der Waals surface area (Å²) in [5, 5.41) is 1.19. The van der Waals surface area contributed by atoms with Gasteiger partial charge in [0, 0.05) is 40.5 Å². The minimum atomic E-state index is -0.140. The van der Waals surface area contributed by atoms with Gasteiger partial charge in [-0.3, -0.25) is 9.78 Å². The van der Waals surface area contributed by atoms with Crippen LogP contribution in [0.2, 0.25) is 0 Å². The zero-order chi connectivity index (χ0) is 20.2. The Labute approximate surface area is 169 Å². The number of rotatable bonds is 7. The van der Waals surface area contributed by atoms with Gasteiger partial charge in [0.05, 0.1) is 6.20 Å². The zero-order valence-corrected chi connectivity index (χ0v) is 16.3. The number of nitrogens with two attached hydrogens (primary N) is 1. The largest absolute Gasteiger partial charge is 0.490 e. The number of fused-ring (bicyclic) bond motifs is 1. The third-order valence-corrected chi connectivity index (χ3v) is 4.94. The first-order valence-corrected chi connectivity index (χ1v) is 9.60. The summed E-state index contributed by atoms with van der Waals surface area (Å²) in [5.74, 6) is 0.695. The Morgan fingerprint density at radius 1 is 1.10 bits per heavy atom. The van der Waals surface area contributed by atoms with Crippen molar-refractivity contribution in [2.45, 2.75) is 19.4 Å². The van der Waals surface area contributed by atoms with Gasteiger partial charge in [-0.2, -0.15) is 0 Å². The molecule has 4 rings (SSSR count). The molecule has 0 spiro atoms. The Morgan fingerprint density at radius 3 is 2.83 bits per heavy atom. The number of ketones is 1. The van der Waals surface area contributed by atoms with Gasteiger partial charge in [-0.1, -0.05) is 36.4 Å². The molecule has 1 atom stereocenters. The molecule has 0 bridgehead atoms. The van der Waals surface area contributed by atoms with Crippen molar-refractivity contribution in [2.75, 3.05) is 6.61 Å². The highest BCUT2D eigenvalue weighted by Gasteiger charge is 2.10. The number of hydrogen-bond acceptors (Lipinski definition) is 4. The van der Waals surface area contributed by atoms with Crippen LogP contribution in [0.25, 0.3) is 22.0 Å². The molecule has 0 radical (unpaired) electrons. The van der Waals surface area contributed by atoms with Crippen molar-refractivity contribution in [3.05, 3.63) is 84.3 Å². The molecule has 0 amide bonds. The number of hydrogen-bond donors (Lipinski definition) is 2. The quantitative estimate of drug-likeness (QED) is 0.463. The van der Waals surface area contributed by atoms with E-state index in [0.717, 1.165) is 23.1 Å². The lowest BCUT2D eigenvalue weighted by molar-refractivity contribution is 0.101. The molecule has 2 aromatic heterocycles. The van der Waals surface area contributed by atoms with Crippen molar-refractivity contribution in [2.24, 2.45) is 5.73 Å². The normalized spacial score (nSPS) is 12.1. The van der Waals surface area contributed by atoms with Gasteiger partial charge in [-0.25, -0.2) is 0 Å². The van der Waals surface area contributed by atoms with Crippen LogP contribution < -0.4 is 10.5 Å². The first-order valence-electron chi connectivity index (χ1n) is 9.60. The van der Waals surface area contributed by atoms with Gasteiger partial charge in [0.1, 0.15) is 12.4 Å². The highest BCUT2D eigenvalue weighted by Crippen LogP contribution is 2.24. The Hall–Kier alpha value is -3.44. The fourth-order valence-corrected chi connectivity index (χ4v) is 3.42. The highest BCUT2D eigenvalue weighted by molar-refractivity contribution is 5.95. The summed E-state index contributed by atoms with van der Waals surface area (Å²) in [6.45, 7) is 1.95. The molecule has 4 aromatic rings. The van der Waals surface area contributed by atoms with E-state index in [1.807, 2.05) is 48.7 Å². The molecule has 2 aromatic carbocycles. The molecule has 0 saturated heterocycles. The summed E-state index contributed by atoms with van der Waals surface area (Å²) in [6, 6.07) is 17.5. The Balaban J connectivity index is 1.43. The molecule has 29 heavy (non-hydrogen) atoms. The first kappa shape index (κ1) is 18.9. The van der Waals surface area contributed by atoms with E-state index in [0.29, 0.717) is 17.9 Å². The van der Waals surface area contributed by atoms with Gasteiger partial charge >= 0.3 is 0 Å². The van der Waals surface area contributed by atoms with Crippen molar-refractivity contribution in [1.82, 2.24) is 9.97 Å². The minimum Gasteiger partial charge on any atom is -0.490 e. The number of Topliss-reactive ketones (excluding diaryl/α,β-unsaturated/α-hetero) is 1. The SMILES string of the molecule is CC(=O)c1cccc(-c2cncc(OC[C@@H](N)Cc3c[nH]c4ccccc34)c2)c1. The van der Waals surface area contributed by atoms with Gasteiger partial charge in [0.2, 0.25) is 0 Å². The molecule has 0 unspecified atom stereocenters. The number of ether oxygens (including phenoxy) is 1. The van der Waals surface area contributed by atoms with Gasteiger partial charge in [-0.15, -0.1) is 0 Å². The van der Waals surface area contributed by atoms with Crippen LogP contribution in [0.15, 0.2) is 73.2 Å². The maximum atomic E-state index is 11.6. The fourth-order valence-electron chi connectivity index (χ4n) is 3.42. The number of H-pyrrole nitrogens is 1. The second-order valence-electron chi connectivity index (χ2n) is 7.18. The van der Waals surface area contributed by atoms with Crippen molar-refractivity contribution >= 4 is 16.7 Å². The highest BCUT2D eigenvalue weighted by atomic mass is 16.5. The van der Waals surface area contributed by atoms with E-state index in [1.165, 1.54) is 10.9 Å². The van der Waals surface area contributed by atoms with E-state index in [-0.39, 0.29) is 11.8 Å². The molecule has 0 aliphatic heterocycles. The number of benzene rings is 2. The van der Waals surface area contributed by atoms with Gasteiger partial charge in [0.25, 0.3) is 0 Å². The Morgan fingerprint density at radius 2 is 1.97 bits per heavy atom. The van der Waals surface area contributed by atoms with Crippen LogP contribution in [0.4, 0.5) is 0 Å². The van der Waals surface area contributed by atoms with E-state index in [4.69, 9.17) is 10.5 Å². The smallest absolute Gasteiger partial charge is 0.159 e. The fraction of sp³-hybridized carbons (Fsp3) is 0.167. The summed E-state index contributed by atoms with van der Waals surface area (Å²) in [6.07, 6.45) is 6.17. The van der Waals surface area contributed by atoms with Crippen LogP contribution in [0.5, 0.6) is 5.75 Å². The van der Waals surface area contributed by atoms with Crippen LogP contribution >= 0.6 is 0 Å². The topological polar surface area (TPSA) is 81.0 Å². The number of pyridine rings is 1. The third kappa shape index (κ3) is 4.36. The summed E-state index contributed by atoms with van der Waals surface area (Å²) in [7, 11) is 0. The Bertz CT molecular complexity index is 1150. The predicted molar refractivity (Wildman–Crippen MR) is 115 cm³/mol. The lowest BCUT2D eigenvalue weighted by Crippen LogP contribution is -2.30. The van der Waals surface area contributed by atoms with E-state index < -0.39 is 0 Å². The van der Waals surface area contributed by atoms with Crippen molar-refractivity contribution in [3.8, 4) is 16.9 Å². The maximum Gasteiger partial charge on any atom is 0.159 e. The average Bonchev–Trinajstić information content (AvgIpc) is 3.15. The van der Waals surface area contributed by atoms with E-state index in [1.54, 1.807) is 19.3 Å². The lowest BCUT2D eigenvalue weighted by atomic mass is 10.0. The second kappa shape index (κ2) is 8.29. The molecule has 0 aliphatic carbocycles. The van der Waals surface area contributed by atoms with Crippen LogP contribution in [-0.4, -0.2) is 28.4 Å². The van der Waals surface area contributed by atoms with E-state index >= 15 is 0 Å². The van der Waals surface area contributed by atoms with Gasteiger partial charge in [0.15, 0.2) is 5.78 Å². The molecular formula is C24H23N3O2. The third-order valence-electron chi connectivity index (χ3n) is 4.94. The minimum absolute atomic E-state index is 0.0375. The van der Waals surface area contributed by atoms with Crippen LogP contribution in [0, 0.1) is 0 Å². The molecule has 0 aliphatic rings. The molecule has 146 valence electrons. The van der Waals surface area contributed by atoms with Crippen molar-refractivity contribution < 1.29 is 9.53 Å². The van der Waals surface area contributed by atoms with Gasteiger partial charge in [-0.05, 0) is 42.7 Å². The number of para-hydroxylation sites is 1. The molecule has 2 heterocycles. The maximum absolute atomic E-state index is 11.6. The van der Waals surface area contributed by atoms with E-state index in [9.17, 15) is 4.79 Å². The van der Waals surface area contributed by atoms with Gasteiger partial charge < -0.3 is 15.5 Å². The Kier molecular flexibility index (Phi) is 5.40. The van der Waals surface area contributed by atoms with E-state index in [2.05, 4.69) is 22.1 Å².